The Morgan fingerprint density at radius 3 is 3.12 bits per heavy atom. The number of hydrogen-bond acceptors (Lipinski definition) is 4. The number of aromatic nitrogens is 2. The maximum absolute atomic E-state index is 5.81. The Kier molecular flexibility index (Phi) is 4.29. The fourth-order valence-electron chi connectivity index (χ4n) is 2.11. The van der Waals surface area contributed by atoms with Crippen molar-refractivity contribution in [3.63, 3.8) is 0 Å². The first-order chi connectivity index (χ1) is 7.79. The number of nitrogens with one attached hydrogen (secondary N) is 1. The minimum absolute atomic E-state index is 0.447. The first kappa shape index (κ1) is 12.0. The Labute approximate surface area is 105 Å². The minimum atomic E-state index is 0.447. The molecule has 3 nitrogen and oxygen atoms in total. The summed E-state index contributed by atoms with van der Waals surface area (Å²) in [4.78, 5) is 8.25. The van der Waals surface area contributed by atoms with Gasteiger partial charge in [-0.15, -0.1) is 0 Å². The third-order valence-corrected chi connectivity index (χ3v) is 4.28. The maximum Gasteiger partial charge on any atom is 0.149 e. The molecule has 2 unspecified atom stereocenters. The van der Waals surface area contributed by atoms with Crippen molar-refractivity contribution in [3.05, 3.63) is 17.5 Å². The molecule has 1 aliphatic carbocycles. The van der Waals surface area contributed by atoms with Crippen molar-refractivity contribution in [2.75, 3.05) is 11.1 Å². The van der Waals surface area contributed by atoms with E-state index in [2.05, 4.69) is 22.2 Å². The molecule has 2 rings (SSSR count). The molecule has 1 aromatic heterocycles. The fraction of sp³-hybridized carbons (Fsp3) is 0.636. The monoisotopic (exact) mass is 257 g/mol. The van der Waals surface area contributed by atoms with Crippen LogP contribution in [0.15, 0.2) is 12.4 Å². The molecule has 0 bridgehead atoms. The highest BCUT2D eigenvalue weighted by Crippen LogP contribution is 2.31. The van der Waals surface area contributed by atoms with Gasteiger partial charge in [0.15, 0.2) is 0 Å². The molecular formula is C11H16ClN3S. The van der Waals surface area contributed by atoms with Crippen molar-refractivity contribution in [2.24, 2.45) is 0 Å². The number of thioether (sulfide) groups is 1. The number of hydrogen-bond donors (Lipinski definition) is 1. The fourth-order valence-corrected chi connectivity index (χ4v) is 3.45. The van der Waals surface area contributed by atoms with E-state index >= 15 is 0 Å². The molecule has 1 fully saturated rings. The van der Waals surface area contributed by atoms with E-state index in [0.717, 1.165) is 5.82 Å². The van der Waals surface area contributed by atoms with E-state index in [1.807, 2.05) is 11.8 Å². The van der Waals surface area contributed by atoms with Gasteiger partial charge in [0, 0.05) is 11.3 Å². The summed E-state index contributed by atoms with van der Waals surface area (Å²) in [5, 5.41) is 4.58. The molecule has 1 aliphatic rings. The van der Waals surface area contributed by atoms with Crippen LogP contribution in [-0.4, -0.2) is 27.0 Å². The van der Waals surface area contributed by atoms with Crippen LogP contribution in [-0.2, 0) is 0 Å². The average Bonchev–Trinajstić information content (AvgIpc) is 2.66. The number of rotatable bonds is 4. The molecule has 1 aromatic rings. The maximum atomic E-state index is 5.81. The first-order valence-electron chi connectivity index (χ1n) is 5.65. The normalized spacial score (nSPS) is 24.6. The van der Waals surface area contributed by atoms with E-state index in [1.54, 1.807) is 12.4 Å². The molecule has 0 aliphatic heterocycles. The van der Waals surface area contributed by atoms with Crippen molar-refractivity contribution in [2.45, 2.75) is 37.5 Å². The quantitative estimate of drug-likeness (QED) is 0.899. The lowest BCUT2D eigenvalue weighted by Crippen LogP contribution is -2.26. The zero-order chi connectivity index (χ0) is 11.4. The van der Waals surface area contributed by atoms with Gasteiger partial charge < -0.3 is 5.32 Å². The van der Waals surface area contributed by atoms with Gasteiger partial charge in [0.2, 0.25) is 0 Å². The lowest BCUT2D eigenvalue weighted by atomic mass is 10.2. The highest BCUT2D eigenvalue weighted by molar-refractivity contribution is 7.99. The SMILES string of the molecule is CCSC1CCCC1Nc1cncc(Cl)n1. The molecule has 1 N–H and O–H groups in total. The molecule has 2 atom stereocenters. The van der Waals surface area contributed by atoms with Gasteiger partial charge in [-0.05, 0) is 18.6 Å². The second kappa shape index (κ2) is 5.73. The van der Waals surface area contributed by atoms with Crippen LogP contribution in [0.2, 0.25) is 5.15 Å². The summed E-state index contributed by atoms with van der Waals surface area (Å²) < 4.78 is 0. The summed E-state index contributed by atoms with van der Waals surface area (Å²) in [6, 6.07) is 0.512. The van der Waals surface area contributed by atoms with E-state index in [-0.39, 0.29) is 0 Å². The topological polar surface area (TPSA) is 37.8 Å². The molecule has 0 spiro atoms. The van der Waals surface area contributed by atoms with Crippen LogP contribution in [0.3, 0.4) is 0 Å². The highest BCUT2D eigenvalue weighted by atomic mass is 35.5. The molecular weight excluding hydrogens is 242 g/mol. The van der Waals surface area contributed by atoms with Gasteiger partial charge in [0.25, 0.3) is 0 Å². The molecule has 0 radical (unpaired) electrons. The second-order valence-electron chi connectivity index (χ2n) is 3.90. The Morgan fingerprint density at radius 1 is 1.50 bits per heavy atom. The Balaban J connectivity index is 1.98. The third kappa shape index (κ3) is 3.01. The van der Waals surface area contributed by atoms with Crippen LogP contribution in [0.4, 0.5) is 5.82 Å². The van der Waals surface area contributed by atoms with E-state index in [9.17, 15) is 0 Å². The lowest BCUT2D eigenvalue weighted by Gasteiger charge is -2.20. The summed E-state index contributed by atoms with van der Waals surface area (Å²) in [5.41, 5.74) is 0. The van der Waals surface area contributed by atoms with Crippen LogP contribution < -0.4 is 5.32 Å². The van der Waals surface area contributed by atoms with Crippen molar-refractivity contribution >= 4 is 29.2 Å². The van der Waals surface area contributed by atoms with Crippen molar-refractivity contribution < 1.29 is 0 Å². The summed E-state index contributed by atoms with van der Waals surface area (Å²) in [6.07, 6.45) is 7.09. The van der Waals surface area contributed by atoms with Gasteiger partial charge in [0.05, 0.1) is 12.4 Å². The van der Waals surface area contributed by atoms with Gasteiger partial charge in [-0.25, -0.2) is 4.98 Å². The predicted molar refractivity (Wildman–Crippen MR) is 70.2 cm³/mol. The molecule has 1 saturated carbocycles. The van der Waals surface area contributed by atoms with Crippen LogP contribution >= 0.6 is 23.4 Å². The van der Waals surface area contributed by atoms with Gasteiger partial charge in [-0.1, -0.05) is 24.9 Å². The standard InChI is InChI=1S/C11H16ClN3S/c1-2-16-9-5-3-4-8(9)14-11-7-13-6-10(12)15-11/h6-9H,2-5H2,1H3,(H,14,15). The zero-order valence-electron chi connectivity index (χ0n) is 9.32. The van der Waals surface area contributed by atoms with Crippen molar-refractivity contribution in [3.8, 4) is 0 Å². The second-order valence-corrected chi connectivity index (χ2v) is 5.81. The molecule has 1 heterocycles. The number of halogens is 1. The van der Waals surface area contributed by atoms with Crippen LogP contribution in [0.5, 0.6) is 0 Å². The highest BCUT2D eigenvalue weighted by Gasteiger charge is 2.27. The van der Waals surface area contributed by atoms with Crippen molar-refractivity contribution in [1.29, 1.82) is 0 Å². The van der Waals surface area contributed by atoms with Gasteiger partial charge in [-0.3, -0.25) is 4.98 Å². The van der Waals surface area contributed by atoms with E-state index in [1.165, 1.54) is 25.0 Å². The van der Waals surface area contributed by atoms with Crippen LogP contribution in [0, 0.1) is 0 Å². The minimum Gasteiger partial charge on any atom is -0.365 e. The average molecular weight is 258 g/mol. The van der Waals surface area contributed by atoms with Crippen molar-refractivity contribution in [1.82, 2.24) is 9.97 Å². The van der Waals surface area contributed by atoms with Crippen LogP contribution in [0.1, 0.15) is 26.2 Å². The van der Waals surface area contributed by atoms with E-state index < -0.39 is 0 Å². The predicted octanol–water partition coefficient (Wildman–Crippen LogP) is 3.22. The lowest BCUT2D eigenvalue weighted by molar-refractivity contribution is 0.761. The molecule has 16 heavy (non-hydrogen) atoms. The summed E-state index contributed by atoms with van der Waals surface area (Å²) in [7, 11) is 0. The number of nitrogens with zero attached hydrogens (tertiary/aromatic N) is 2. The molecule has 0 aromatic carbocycles. The summed E-state index contributed by atoms with van der Waals surface area (Å²) in [5.74, 6) is 1.96. The number of anilines is 1. The summed E-state index contributed by atoms with van der Waals surface area (Å²) >= 11 is 7.84. The Hall–Kier alpha value is -0.480. The first-order valence-corrected chi connectivity index (χ1v) is 7.08. The summed E-state index contributed by atoms with van der Waals surface area (Å²) in [6.45, 7) is 2.21. The molecule has 88 valence electrons. The van der Waals surface area contributed by atoms with Crippen LogP contribution in [0.25, 0.3) is 0 Å². The molecule has 0 amide bonds. The van der Waals surface area contributed by atoms with E-state index in [4.69, 9.17) is 11.6 Å². The van der Waals surface area contributed by atoms with Gasteiger partial charge in [-0.2, -0.15) is 11.8 Å². The van der Waals surface area contributed by atoms with Gasteiger partial charge >= 0.3 is 0 Å². The zero-order valence-corrected chi connectivity index (χ0v) is 10.9. The smallest absolute Gasteiger partial charge is 0.149 e. The molecule has 0 saturated heterocycles. The third-order valence-electron chi connectivity index (χ3n) is 2.77. The van der Waals surface area contributed by atoms with E-state index in [0.29, 0.717) is 16.4 Å². The largest absolute Gasteiger partial charge is 0.365 e. The van der Waals surface area contributed by atoms with Gasteiger partial charge in [0.1, 0.15) is 11.0 Å². The Bertz CT molecular complexity index is 348. The Morgan fingerprint density at radius 2 is 2.38 bits per heavy atom. The molecule has 5 heteroatoms.